The number of ether oxygens (including phenoxy) is 1. The normalized spacial score (nSPS) is 7.75. The third-order valence-corrected chi connectivity index (χ3v) is 1.51. The lowest BCUT2D eigenvalue weighted by Crippen LogP contribution is -1.97. The molecule has 0 bridgehead atoms. The molecule has 3 heteroatoms. The minimum atomic E-state index is -0.359. The van der Waals surface area contributed by atoms with Crippen LogP contribution in [-0.2, 0) is 9.53 Å². The quantitative estimate of drug-likeness (QED) is 0.521. The summed E-state index contributed by atoms with van der Waals surface area (Å²) in [5.74, 6) is -0.359. The fourth-order valence-electron chi connectivity index (χ4n) is 0.428. The summed E-state index contributed by atoms with van der Waals surface area (Å²) in [4.78, 5) is 10.1. The van der Waals surface area contributed by atoms with Gasteiger partial charge in [0.2, 0.25) is 0 Å². The molecule has 1 heterocycles. The summed E-state index contributed by atoms with van der Waals surface area (Å²) in [6.07, 6.45) is 1.14. The molecule has 12 heavy (non-hydrogen) atoms. The molecular formula is C9H12O2S. The summed E-state index contributed by atoms with van der Waals surface area (Å²) in [7, 11) is 0. The van der Waals surface area contributed by atoms with E-state index in [2.05, 4.69) is 11.3 Å². The minimum absolute atomic E-state index is 0.359. The van der Waals surface area contributed by atoms with Gasteiger partial charge in [-0.05, 0) is 17.7 Å². The van der Waals surface area contributed by atoms with Gasteiger partial charge in [0.05, 0.1) is 6.61 Å². The van der Waals surface area contributed by atoms with Gasteiger partial charge in [-0.1, -0.05) is 18.7 Å². The molecule has 0 amide bonds. The Bertz CT molecular complexity index is 187. The van der Waals surface area contributed by atoms with Gasteiger partial charge in [-0.25, -0.2) is 4.79 Å². The maximum absolute atomic E-state index is 10.1. The first-order valence-corrected chi connectivity index (χ1v) is 4.52. The molecule has 1 rings (SSSR count). The van der Waals surface area contributed by atoms with Crippen molar-refractivity contribution in [2.45, 2.75) is 6.92 Å². The first-order chi connectivity index (χ1) is 5.81. The van der Waals surface area contributed by atoms with Gasteiger partial charge < -0.3 is 4.74 Å². The van der Waals surface area contributed by atoms with Crippen LogP contribution in [0.5, 0.6) is 0 Å². The molecule has 0 aromatic carbocycles. The van der Waals surface area contributed by atoms with Crippen LogP contribution in [0.4, 0.5) is 0 Å². The molecule has 0 fully saturated rings. The van der Waals surface area contributed by atoms with Crippen LogP contribution in [0.1, 0.15) is 6.92 Å². The first kappa shape index (κ1) is 10.9. The standard InChI is InChI=1S/C5H8O2.C4H4S/c1-3-5(6)7-4-2;1-2-4-5-3-1/h3H,1,4H2,2H3;1-4H. The van der Waals surface area contributed by atoms with Crippen molar-refractivity contribution in [3.05, 3.63) is 35.5 Å². The minimum Gasteiger partial charge on any atom is -0.463 e. The van der Waals surface area contributed by atoms with Crippen molar-refractivity contribution in [2.75, 3.05) is 6.61 Å². The molecule has 0 aliphatic rings. The van der Waals surface area contributed by atoms with Crippen LogP contribution in [0.25, 0.3) is 0 Å². The molecule has 66 valence electrons. The fraction of sp³-hybridized carbons (Fsp3) is 0.222. The van der Waals surface area contributed by atoms with E-state index in [1.165, 1.54) is 0 Å². The second-order valence-electron chi connectivity index (χ2n) is 1.75. The fourth-order valence-corrected chi connectivity index (χ4v) is 0.882. The Morgan fingerprint density at radius 1 is 1.58 bits per heavy atom. The van der Waals surface area contributed by atoms with E-state index in [0.29, 0.717) is 6.61 Å². The van der Waals surface area contributed by atoms with E-state index < -0.39 is 0 Å². The van der Waals surface area contributed by atoms with Crippen molar-refractivity contribution in [3.8, 4) is 0 Å². The third kappa shape index (κ3) is 7.02. The van der Waals surface area contributed by atoms with E-state index in [1.807, 2.05) is 22.9 Å². The highest BCUT2D eigenvalue weighted by atomic mass is 32.1. The largest absolute Gasteiger partial charge is 0.463 e. The molecule has 0 spiro atoms. The molecule has 0 saturated carbocycles. The van der Waals surface area contributed by atoms with Crippen molar-refractivity contribution in [1.29, 1.82) is 0 Å². The number of rotatable bonds is 2. The van der Waals surface area contributed by atoms with E-state index >= 15 is 0 Å². The highest BCUT2D eigenvalue weighted by Gasteiger charge is 1.86. The van der Waals surface area contributed by atoms with Crippen LogP contribution in [0.3, 0.4) is 0 Å². The van der Waals surface area contributed by atoms with Gasteiger partial charge in [-0.15, -0.1) is 0 Å². The van der Waals surface area contributed by atoms with Gasteiger partial charge in [0.25, 0.3) is 0 Å². The van der Waals surface area contributed by atoms with Gasteiger partial charge in [0, 0.05) is 6.08 Å². The molecule has 0 aliphatic heterocycles. The second kappa shape index (κ2) is 8.01. The van der Waals surface area contributed by atoms with E-state index in [0.717, 1.165) is 6.08 Å². The van der Waals surface area contributed by atoms with Crippen LogP contribution in [0.2, 0.25) is 0 Å². The zero-order valence-corrected chi connectivity index (χ0v) is 7.84. The number of carbonyl (C=O) groups is 1. The maximum atomic E-state index is 10.1. The van der Waals surface area contributed by atoms with Crippen LogP contribution in [0, 0.1) is 0 Å². The van der Waals surface area contributed by atoms with Crippen LogP contribution < -0.4 is 0 Å². The third-order valence-electron chi connectivity index (χ3n) is 0.879. The summed E-state index contributed by atoms with van der Waals surface area (Å²) in [5.41, 5.74) is 0. The van der Waals surface area contributed by atoms with Crippen molar-refractivity contribution in [2.24, 2.45) is 0 Å². The van der Waals surface area contributed by atoms with Crippen LogP contribution in [-0.4, -0.2) is 12.6 Å². The lowest BCUT2D eigenvalue weighted by molar-refractivity contribution is -0.137. The molecule has 0 N–H and O–H groups in total. The predicted molar refractivity (Wildman–Crippen MR) is 51.1 cm³/mol. The lowest BCUT2D eigenvalue weighted by atomic mass is 10.6. The summed E-state index contributed by atoms with van der Waals surface area (Å²) < 4.78 is 4.43. The van der Waals surface area contributed by atoms with Crippen LogP contribution >= 0.6 is 11.3 Å². The molecule has 2 nitrogen and oxygen atoms in total. The second-order valence-corrected chi connectivity index (χ2v) is 2.57. The molecule has 1 aromatic rings. The summed E-state index contributed by atoms with van der Waals surface area (Å²) in [5, 5.41) is 4.08. The Labute approximate surface area is 76.5 Å². The number of thiophene rings is 1. The van der Waals surface area contributed by atoms with Crippen molar-refractivity contribution >= 4 is 17.3 Å². The van der Waals surface area contributed by atoms with Gasteiger partial charge in [0.15, 0.2) is 0 Å². The summed E-state index contributed by atoms with van der Waals surface area (Å²) in [6.45, 7) is 5.38. The van der Waals surface area contributed by atoms with Gasteiger partial charge in [-0.2, -0.15) is 11.3 Å². The summed E-state index contributed by atoms with van der Waals surface area (Å²) in [6, 6.07) is 4.04. The Hall–Kier alpha value is -1.09. The Morgan fingerprint density at radius 3 is 2.33 bits per heavy atom. The van der Waals surface area contributed by atoms with Crippen molar-refractivity contribution in [3.63, 3.8) is 0 Å². The van der Waals surface area contributed by atoms with Crippen molar-refractivity contribution in [1.82, 2.24) is 0 Å². The molecule has 0 atom stereocenters. The monoisotopic (exact) mass is 184 g/mol. The molecule has 0 radical (unpaired) electrons. The first-order valence-electron chi connectivity index (χ1n) is 3.57. The smallest absolute Gasteiger partial charge is 0.330 e. The maximum Gasteiger partial charge on any atom is 0.330 e. The number of hydrogen-bond acceptors (Lipinski definition) is 3. The Balaban J connectivity index is 0.000000211. The highest BCUT2D eigenvalue weighted by Crippen LogP contribution is 1.91. The Morgan fingerprint density at radius 2 is 2.17 bits per heavy atom. The number of hydrogen-bond donors (Lipinski definition) is 0. The zero-order valence-electron chi connectivity index (χ0n) is 7.03. The van der Waals surface area contributed by atoms with E-state index in [9.17, 15) is 4.79 Å². The average Bonchev–Trinajstić information content (AvgIpc) is 2.62. The topological polar surface area (TPSA) is 26.3 Å². The van der Waals surface area contributed by atoms with E-state index in [4.69, 9.17) is 0 Å². The van der Waals surface area contributed by atoms with E-state index in [-0.39, 0.29) is 5.97 Å². The van der Waals surface area contributed by atoms with E-state index in [1.54, 1.807) is 18.3 Å². The number of esters is 1. The number of carbonyl (C=O) groups excluding carboxylic acids is 1. The van der Waals surface area contributed by atoms with Crippen molar-refractivity contribution < 1.29 is 9.53 Å². The highest BCUT2D eigenvalue weighted by molar-refractivity contribution is 7.07. The molecular weight excluding hydrogens is 172 g/mol. The molecule has 0 aliphatic carbocycles. The Kier molecular flexibility index (Phi) is 7.28. The average molecular weight is 184 g/mol. The zero-order chi connectivity index (χ0) is 9.23. The molecule has 0 unspecified atom stereocenters. The lowest BCUT2D eigenvalue weighted by Gasteiger charge is -1.90. The van der Waals surface area contributed by atoms with Gasteiger partial charge >= 0.3 is 5.97 Å². The summed E-state index contributed by atoms with van der Waals surface area (Å²) >= 11 is 1.71. The van der Waals surface area contributed by atoms with Gasteiger partial charge in [-0.3, -0.25) is 0 Å². The van der Waals surface area contributed by atoms with Gasteiger partial charge in [0.1, 0.15) is 0 Å². The SMILES string of the molecule is C=CC(=O)OCC.c1ccsc1. The van der Waals surface area contributed by atoms with Crippen LogP contribution in [0.15, 0.2) is 35.5 Å². The molecule has 0 saturated heterocycles. The predicted octanol–water partition coefficient (Wildman–Crippen LogP) is 2.48. The molecule has 1 aromatic heterocycles.